The minimum atomic E-state index is 0.00403. The Balaban J connectivity index is 1.60. The van der Waals surface area contributed by atoms with Crippen molar-refractivity contribution in [2.24, 2.45) is 5.92 Å². The third kappa shape index (κ3) is 4.89. The first-order chi connectivity index (χ1) is 13.4. The molecule has 0 bridgehead atoms. The third-order valence-corrected chi connectivity index (χ3v) is 5.05. The molecular weight excluding hydrogens is 348 g/mol. The third-order valence-electron chi connectivity index (χ3n) is 5.05. The van der Waals surface area contributed by atoms with Crippen molar-refractivity contribution < 1.29 is 9.21 Å². The van der Waals surface area contributed by atoms with Crippen molar-refractivity contribution in [3.8, 4) is 11.3 Å². The Hall–Kier alpha value is -2.88. The summed E-state index contributed by atoms with van der Waals surface area (Å²) in [5, 5.41) is 3.15. The number of nitrogens with one attached hydrogen (secondary N) is 1. The molecule has 0 saturated heterocycles. The molecule has 3 rings (SSSR count). The van der Waals surface area contributed by atoms with Crippen LogP contribution in [0.1, 0.15) is 48.9 Å². The maximum absolute atomic E-state index is 12.5. The second-order valence-electron chi connectivity index (χ2n) is 7.62. The molecular formula is C24H28N2O2. The molecule has 0 saturated carbocycles. The van der Waals surface area contributed by atoms with Gasteiger partial charge in [0.2, 0.25) is 5.91 Å². The van der Waals surface area contributed by atoms with E-state index >= 15 is 0 Å². The Morgan fingerprint density at radius 3 is 2.50 bits per heavy atom. The fraction of sp³-hybridized carbons (Fsp3) is 0.333. The molecule has 0 fully saturated rings. The number of carbonyl (C=O) groups excluding carboxylic acids is 1. The largest absolute Gasteiger partial charge is 0.441 e. The average molecular weight is 377 g/mol. The van der Waals surface area contributed by atoms with Gasteiger partial charge in [0.15, 0.2) is 11.7 Å². The molecule has 1 amide bonds. The Morgan fingerprint density at radius 2 is 1.82 bits per heavy atom. The van der Waals surface area contributed by atoms with Gasteiger partial charge in [-0.05, 0) is 42.5 Å². The molecule has 0 aliphatic rings. The summed E-state index contributed by atoms with van der Waals surface area (Å²) >= 11 is 0. The van der Waals surface area contributed by atoms with Crippen LogP contribution in [0.3, 0.4) is 0 Å². The SMILES string of the molecule is Cc1ccc(-c2cnc(CCC(=O)N[C@H](c3ccccc3)C(C)C)o2)cc1C. The molecule has 0 spiro atoms. The Bertz CT molecular complexity index is 929. The average Bonchev–Trinajstić information content (AvgIpc) is 3.16. The van der Waals surface area contributed by atoms with E-state index in [-0.39, 0.29) is 11.9 Å². The van der Waals surface area contributed by atoms with Crippen molar-refractivity contribution in [2.75, 3.05) is 0 Å². The zero-order valence-electron chi connectivity index (χ0n) is 17.0. The van der Waals surface area contributed by atoms with Crippen LogP contribution in [-0.4, -0.2) is 10.9 Å². The molecule has 1 N–H and O–H groups in total. The molecule has 4 nitrogen and oxygen atoms in total. The highest BCUT2D eigenvalue weighted by atomic mass is 16.4. The number of amides is 1. The summed E-state index contributed by atoms with van der Waals surface area (Å²) in [6.45, 7) is 8.39. The molecule has 1 aromatic heterocycles. The van der Waals surface area contributed by atoms with Gasteiger partial charge in [0, 0.05) is 18.4 Å². The first kappa shape index (κ1) is 19.9. The van der Waals surface area contributed by atoms with Gasteiger partial charge in [-0.1, -0.05) is 56.3 Å². The molecule has 1 atom stereocenters. The van der Waals surface area contributed by atoms with E-state index in [9.17, 15) is 4.79 Å². The standard InChI is InChI=1S/C24H28N2O2/c1-16(2)24(19-8-6-5-7-9-19)26-22(27)12-13-23-25-15-21(28-23)20-11-10-17(3)18(4)14-20/h5-11,14-16,24H,12-13H2,1-4H3,(H,26,27)/t24-/m0/s1. The molecule has 0 radical (unpaired) electrons. The van der Waals surface area contributed by atoms with E-state index in [4.69, 9.17) is 4.42 Å². The zero-order chi connectivity index (χ0) is 20.1. The lowest BCUT2D eigenvalue weighted by Crippen LogP contribution is -2.31. The lowest BCUT2D eigenvalue weighted by atomic mass is 9.96. The monoisotopic (exact) mass is 376 g/mol. The van der Waals surface area contributed by atoms with Crippen molar-refractivity contribution >= 4 is 5.91 Å². The van der Waals surface area contributed by atoms with Gasteiger partial charge in [0.25, 0.3) is 0 Å². The first-order valence-corrected chi connectivity index (χ1v) is 9.80. The van der Waals surface area contributed by atoms with Crippen LogP contribution in [0.15, 0.2) is 59.1 Å². The van der Waals surface area contributed by atoms with Crippen molar-refractivity contribution in [1.29, 1.82) is 0 Å². The topological polar surface area (TPSA) is 55.1 Å². The van der Waals surface area contributed by atoms with E-state index in [2.05, 4.69) is 62.3 Å². The van der Waals surface area contributed by atoms with Gasteiger partial charge < -0.3 is 9.73 Å². The lowest BCUT2D eigenvalue weighted by molar-refractivity contribution is -0.122. The number of aryl methyl sites for hydroxylation is 3. The summed E-state index contributed by atoms with van der Waals surface area (Å²) in [6.07, 6.45) is 2.57. The maximum Gasteiger partial charge on any atom is 0.221 e. The molecule has 2 aromatic carbocycles. The van der Waals surface area contributed by atoms with Gasteiger partial charge in [0.05, 0.1) is 12.2 Å². The number of carbonyl (C=O) groups is 1. The molecule has 0 aliphatic heterocycles. The fourth-order valence-electron chi connectivity index (χ4n) is 3.22. The Morgan fingerprint density at radius 1 is 1.07 bits per heavy atom. The minimum absolute atomic E-state index is 0.00403. The molecule has 4 heteroatoms. The van der Waals surface area contributed by atoms with Gasteiger partial charge in [-0.2, -0.15) is 0 Å². The van der Waals surface area contributed by atoms with Crippen LogP contribution in [-0.2, 0) is 11.2 Å². The van der Waals surface area contributed by atoms with Crippen LogP contribution in [0.5, 0.6) is 0 Å². The molecule has 0 aliphatic carbocycles. The van der Waals surface area contributed by atoms with Crippen LogP contribution in [0, 0.1) is 19.8 Å². The number of aromatic nitrogens is 1. The molecule has 146 valence electrons. The van der Waals surface area contributed by atoms with E-state index < -0.39 is 0 Å². The highest BCUT2D eigenvalue weighted by Gasteiger charge is 2.18. The maximum atomic E-state index is 12.5. The summed E-state index contributed by atoms with van der Waals surface area (Å²) in [7, 11) is 0. The smallest absolute Gasteiger partial charge is 0.221 e. The quantitative estimate of drug-likeness (QED) is 0.600. The van der Waals surface area contributed by atoms with Gasteiger partial charge in [0.1, 0.15) is 0 Å². The van der Waals surface area contributed by atoms with Crippen molar-refractivity contribution in [3.63, 3.8) is 0 Å². The number of oxazole rings is 1. The normalized spacial score (nSPS) is 12.2. The number of benzene rings is 2. The van der Waals surface area contributed by atoms with Crippen LogP contribution in [0.4, 0.5) is 0 Å². The zero-order valence-corrected chi connectivity index (χ0v) is 17.0. The van der Waals surface area contributed by atoms with Gasteiger partial charge >= 0.3 is 0 Å². The second-order valence-corrected chi connectivity index (χ2v) is 7.62. The number of nitrogens with zero attached hydrogens (tertiary/aromatic N) is 1. The van der Waals surface area contributed by atoms with E-state index in [1.54, 1.807) is 6.20 Å². The minimum Gasteiger partial charge on any atom is -0.441 e. The highest BCUT2D eigenvalue weighted by molar-refractivity contribution is 5.76. The second kappa shape index (κ2) is 8.87. The van der Waals surface area contributed by atoms with E-state index in [0.29, 0.717) is 24.7 Å². The summed E-state index contributed by atoms with van der Waals surface area (Å²) in [5.74, 6) is 1.64. The summed E-state index contributed by atoms with van der Waals surface area (Å²) in [4.78, 5) is 16.8. The summed E-state index contributed by atoms with van der Waals surface area (Å²) in [6, 6.07) is 16.3. The van der Waals surface area contributed by atoms with Crippen LogP contribution in [0.25, 0.3) is 11.3 Å². The fourth-order valence-corrected chi connectivity index (χ4v) is 3.22. The Kier molecular flexibility index (Phi) is 6.30. The highest BCUT2D eigenvalue weighted by Crippen LogP contribution is 2.24. The van der Waals surface area contributed by atoms with Crippen LogP contribution >= 0.6 is 0 Å². The van der Waals surface area contributed by atoms with Crippen LogP contribution in [0.2, 0.25) is 0 Å². The number of hydrogen-bond acceptors (Lipinski definition) is 3. The van der Waals surface area contributed by atoms with E-state index in [1.807, 2.05) is 24.3 Å². The van der Waals surface area contributed by atoms with Crippen molar-refractivity contribution in [2.45, 2.75) is 46.6 Å². The lowest BCUT2D eigenvalue weighted by Gasteiger charge is -2.22. The predicted molar refractivity (Wildman–Crippen MR) is 112 cm³/mol. The number of rotatable bonds is 7. The van der Waals surface area contributed by atoms with Gasteiger partial charge in [-0.3, -0.25) is 4.79 Å². The molecule has 28 heavy (non-hydrogen) atoms. The summed E-state index contributed by atoms with van der Waals surface area (Å²) < 4.78 is 5.86. The van der Waals surface area contributed by atoms with Crippen LogP contribution < -0.4 is 5.32 Å². The molecule has 1 heterocycles. The first-order valence-electron chi connectivity index (χ1n) is 9.80. The Labute approximate surface area is 167 Å². The summed E-state index contributed by atoms with van der Waals surface area (Å²) in [5.41, 5.74) is 4.60. The molecule has 0 unspecified atom stereocenters. The van der Waals surface area contributed by atoms with E-state index in [1.165, 1.54) is 11.1 Å². The van der Waals surface area contributed by atoms with Gasteiger partial charge in [-0.25, -0.2) is 4.98 Å². The number of hydrogen-bond donors (Lipinski definition) is 1. The molecule has 3 aromatic rings. The predicted octanol–water partition coefficient (Wildman–Crippen LogP) is 5.40. The van der Waals surface area contributed by atoms with Crippen molar-refractivity contribution in [3.05, 3.63) is 77.3 Å². The van der Waals surface area contributed by atoms with Crippen molar-refractivity contribution in [1.82, 2.24) is 10.3 Å². The van der Waals surface area contributed by atoms with Gasteiger partial charge in [-0.15, -0.1) is 0 Å². The van der Waals surface area contributed by atoms with E-state index in [0.717, 1.165) is 16.9 Å².